The van der Waals surface area contributed by atoms with E-state index in [0.29, 0.717) is 0 Å². The molecule has 3 nitrogen and oxygen atoms in total. The van der Waals surface area contributed by atoms with E-state index in [9.17, 15) is 0 Å². The van der Waals surface area contributed by atoms with Crippen LogP contribution in [0.4, 0.5) is 0 Å². The van der Waals surface area contributed by atoms with Crippen LogP contribution in [-0.2, 0) is 0 Å². The van der Waals surface area contributed by atoms with E-state index in [1.165, 1.54) is 97.3 Å². The smallest absolute Gasteiger partial charge is 0.179 e. The number of rotatable bonds is 8. The maximum Gasteiger partial charge on any atom is 0.179 e. The average Bonchev–Trinajstić information content (AvgIpc) is 4.08. The summed E-state index contributed by atoms with van der Waals surface area (Å²) < 4.78 is 7.40. The summed E-state index contributed by atoms with van der Waals surface area (Å²) >= 11 is 0. The highest BCUT2D eigenvalue weighted by molar-refractivity contribution is 7.19. The summed E-state index contributed by atoms with van der Waals surface area (Å²) in [6, 6.07) is 101. The Morgan fingerprint density at radius 3 is 1.11 bits per heavy atom. The molecular weight excluding hydrogens is 863 g/mol. The second kappa shape index (κ2) is 16.1. The number of hydrogen-bond donors (Lipinski definition) is 0. The molecule has 0 spiro atoms. The van der Waals surface area contributed by atoms with Gasteiger partial charge in [-0.1, -0.05) is 206 Å². The number of benzene rings is 11. The van der Waals surface area contributed by atoms with Gasteiger partial charge < -0.3 is 13.7 Å². The van der Waals surface area contributed by atoms with Gasteiger partial charge >= 0.3 is 0 Å². The van der Waals surface area contributed by atoms with Gasteiger partial charge in [0.25, 0.3) is 0 Å². The highest BCUT2D eigenvalue weighted by atomic mass is 28.3. The fourth-order valence-corrected chi connectivity index (χ4v) is 16.7. The second-order valence-corrected chi connectivity index (χ2v) is 22.2. The van der Waals surface area contributed by atoms with Crippen molar-refractivity contribution >= 4 is 94.2 Å². The van der Waals surface area contributed by atoms with E-state index in [4.69, 9.17) is 0 Å². The van der Waals surface area contributed by atoms with E-state index < -0.39 is 8.07 Å². The first-order valence-electron chi connectivity index (χ1n) is 24.2. The molecule has 0 bridgehead atoms. The molecule has 11 aromatic carbocycles. The van der Waals surface area contributed by atoms with Crippen molar-refractivity contribution in [2.24, 2.45) is 0 Å². The Morgan fingerprint density at radius 1 is 0.214 bits per heavy atom. The topological polar surface area (TPSA) is 14.8 Å². The van der Waals surface area contributed by atoms with Gasteiger partial charge in [0.2, 0.25) is 0 Å². The first kappa shape index (κ1) is 40.1. The van der Waals surface area contributed by atoms with Gasteiger partial charge in [0.05, 0.1) is 33.1 Å². The lowest BCUT2D eigenvalue weighted by molar-refractivity contribution is 1.16. The molecule has 0 amide bonds. The molecule has 4 heteroatoms. The first-order chi connectivity index (χ1) is 34.8. The third-order valence-corrected chi connectivity index (χ3v) is 19.5. The minimum atomic E-state index is -2.80. The average molecular weight is 908 g/mol. The number of fused-ring (bicyclic) bond motifs is 9. The van der Waals surface area contributed by atoms with Crippen molar-refractivity contribution < 1.29 is 0 Å². The Morgan fingerprint density at radius 2 is 0.571 bits per heavy atom. The van der Waals surface area contributed by atoms with Crippen LogP contribution in [0.5, 0.6) is 0 Å². The van der Waals surface area contributed by atoms with Gasteiger partial charge in [0, 0.05) is 49.4 Å². The van der Waals surface area contributed by atoms with Crippen molar-refractivity contribution in [3.05, 3.63) is 273 Å². The quantitative estimate of drug-likeness (QED) is 0.107. The molecule has 0 aliphatic carbocycles. The Labute approximate surface area is 407 Å². The fraction of sp³-hybridized carbons (Fsp3) is 0. The van der Waals surface area contributed by atoms with Gasteiger partial charge in [-0.2, -0.15) is 0 Å². The Balaban J connectivity index is 1.00. The minimum absolute atomic E-state index is 1.12. The highest BCUT2D eigenvalue weighted by Crippen LogP contribution is 2.44. The Bertz CT molecular complexity index is 4180. The molecule has 0 unspecified atom stereocenters. The summed E-state index contributed by atoms with van der Waals surface area (Å²) in [6.07, 6.45) is 0. The largest absolute Gasteiger partial charge is 0.309 e. The summed E-state index contributed by atoms with van der Waals surface area (Å²) in [5.41, 5.74) is 13.0. The van der Waals surface area contributed by atoms with Crippen LogP contribution in [0.1, 0.15) is 0 Å². The predicted molar refractivity (Wildman–Crippen MR) is 299 cm³/mol. The molecule has 0 N–H and O–H groups in total. The van der Waals surface area contributed by atoms with E-state index >= 15 is 0 Å². The molecule has 0 saturated heterocycles. The summed E-state index contributed by atoms with van der Waals surface area (Å²) in [5, 5.41) is 12.9. The van der Waals surface area contributed by atoms with Crippen molar-refractivity contribution in [1.82, 2.24) is 13.7 Å². The third-order valence-electron chi connectivity index (χ3n) is 14.8. The Kier molecular flexibility index (Phi) is 9.23. The lowest BCUT2D eigenvalue weighted by Gasteiger charge is -2.34. The second-order valence-electron chi connectivity index (χ2n) is 18.4. The molecule has 0 aliphatic heterocycles. The van der Waals surface area contributed by atoms with Crippen molar-refractivity contribution in [2.75, 3.05) is 0 Å². The van der Waals surface area contributed by atoms with Crippen LogP contribution >= 0.6 is 0 Å². The number of nitrogens with zero attached hydrogens (tertiary/aromatic N) is 3. The van der Waals surface area contributed by atoms with E-state index in [-0.39, 0.29) is 0 Å². The molecule has 14 rings (SSSR count). The van der Waals surface area contributed by atoms with Crippen LogP contribution in [0.15, 0.2) is 273 Å². The molecule has 0 atom stereocenters. The predicted octanol–water partition coefficient (Wildman–Crippen LogP) is 14.0. The molecule has 70 heavy (non-hydrogen) atoms. The van der Waals surface area contributed by atoms with Gasteiger partial charge in [0.15, 0.2) is 8.07 Å². The van der Waals surface area contributed by atoms with E-state index in [0.717, 1.165) is 17.1 Å². The summed E-state index contributed by atoms with van der Waals surface area (Å²) in [6.45, 7) is 0. The molecule has 3 aromatic heterocycles. The van der Waals surface area contributed by atoms with Gasteiger partial charge in [-0.25, -0.2) is 0 Å². The summed E-state index contributed by atoms with van der Waals surface area (Å²) in [5.74, 6) is 0. The number of para-hydroxylation sites is 4. The van der Waals surface area contributed by atoms with Gasteiger partial charge in [-0.3, -0.25) is 0 Å². The van der Waals surface area contributed by atoms with Gasteiger partial charge in [-0.05, 0) is 98.6 Å². The maximum atomic E-state index is 2.50. The monoisotopic (exact) mass is 907 g/mol. The van der Waals surface area contributed by atoms with Crippen molar-refractivity contribution in [2.45, 2.75) is 0 Å². The van der Waals surface area contributed by atoms with Gasteiger partial charge in [-0.15, -0.1) is 0 Å². The zero-order valence-corrected chi connectivity index (χ0v) is 39.3. The standard InChI is InChI=1S/C66H45N3Si/c1-5-22-46(23-6-1)67-60-38-17-14-33-57(60)65-55(35-20-40-62(65)67)56-36-21-41-63-66(56)58-34-15-18-39-61(58)68(63)48-42-43-54-53-32-13-16-37-59(53)69(64(54)45-48)47-24-19-31-52(44-47)70(49-25-7-2-8-26-49,50-27-9-3-10-28-50)51-29-11-4-12-30-51/h1-45H. The lowest BCUT2D eigenvalue weighted by Crippen LogP contribution is -2.74. The van der Waals surface area contributed by atoms with Crippen molar-refractivity contribution in [3.8, 4) is 28.2 Å². The van der Waals surface area contributed by atoms with Crippen LogP contribution in [0.3, 0.4) is 0 Å². The van der Waals surface area contributed by atoms with Crippen molar-refractivity contribution in [3.63, 3.8) is 0 Å². The molecule has 0 saturated carbocycles. The number of aromatic nitrogens is 3. The molecule has 0 fully saturated rings. The van der Waals surface area contributed by atoms with E-state index in [1.807, 2.05) is 0 Å². The van der Waals surface area contributed by atoms with Crippen LogP contribution in [0.2, 0.25) is 0 Å². The minimum Gasteiger partial charge on any atom is -0.309 e. The van der Waals surface area contributed by atoms with E-state index in [2.05, 4.69) is 287 Å². The molecule has 3 heterocycles. The molecule has 0 radical (unpaired) electrons. The normalized spacial score (nSPS) is 12.0. The summed E-state index contributed by atoms with van der Waals surface area (Å²) in [7, 11) is -2.80. The molecule has 14 aromatic rings. The Hall–Kier alpha value is -8.96. The SMILES string of the molecule is c1ccc(-n2c3ccccc3c3c(-c4cccc5c4c4ccccc4n5-c4ccc5c6ccccc6n(-c6cccc([Si](c7ccccc7)(c7ccccc7)c7ccccc7)c6)c5c4)cccc32)cc1. The number of hydrogen-bond acceptors (Lipinski definition) is 0. The van der Waals surface area contributed by atoms with Crippen LogP contribution < -0.4 is 20.7 Å². The molecule has 328 valence electrons. The van der Waals surface area contributed by atoms with Crippen molar-refractivity contribution in [1.29, 1.82) is 0 Å². The third kappa shape index (κ3) is 5.94. The van der Waals surface area contributed by atoms with Crippen LogP contribution in [-0.4, -0.2) is 21.8 Å². The first-order valence-corrected chi connectivity index (χ1v) is 26.2. The fourth-order valence-electron chi connectivity index (χ4n) is 11.9. The van der Waals surface area contributed by atoms with E-state index in [1.54, 1.807) is 0 Å². The maximum absolute atomic E-state index is 2.80. The lowest BCUT2D eigenvalue weighted by atomic mass is 9.95. The van der Waals surface area contributed by atoms with Gasteiger partial charge in [0.1, 0.15) is 0 Å². The van der Waals surface area contributed by atoms with Crippen LogP contribution in [0, 0.1) is 0 Å². The highest BCUT2D eigenvalue weighted by Gasteiger charge is 2.41. The zero-order chi connectivity index (χ0) is 46.2. The molecular formula is C66H45N3Si. The van der Waals surface area contributed by atoms with Crippen LogP contribution in [0.25, 0.3) is 93.6 Å². The zero-order valence-electron chi connectivity index (χ0n) is 38.3. The molecule has 0 aliphatic rings. The summed E-state index contributed by atoms with van der Waals surface area (Å²) in [4.78, 5) is 0.